The van der Waals surface area contributed by atoms with Crippen molar-refractivity contribution in [1.29, 1.82) is 0 Å². The molecule has 0 radical (unpaired) electrons. The number of H-pyrrole nitrogens is 1. The first kappa shape index (κ1) is 21.9. The average Bonchev–Trinajstić information content (AvgIpc) is 3.61. The number of hydrogen-bond donors (Lipinski definition) is 2. The Bertz CT molecular complexity index is 1410. The first-order chi connectivity index (χ1) is 17.0. The molecule has 5 heterocycles. The van der Waals surface area contributed by atoms with Crippen LogP contribution in [0.15, 0.2) is 24.4 Å². The lowest BCUT2D eigenvalue weighted by molar-refractivity contribution is 0.105. The van der Waals surface area contributed by atoms with E-state index in [1.165, 1.54) is 0 Å². The van der Waals surface area contributed by atoms with Crippen molar-refractivity contribution in [3.05, 3.63) is 41.3 Å². The first-order valence-electron chi connectivity index (χ1n) is 12.0. The van der Waals surface area contributed by atoms with Crippen molar-refractivity contribution >= 4 is 23.1 Å². The Hall–Kier alpha value is -3.63. The van der Waals surface area contributed by atoms with Crippen molar-refractivity contribution in [1.82, 2.24) is 40.0 Å². The minimum atomic E-state index is -0.0222. The molecular weight excluding hydrogens is 444 g/mol. The van der Waals surface area contributed by atoms with E-state index in [1.807, 2.05) is 42.6 Å². The first-order valence-corrected chi connectivity index (χ1v) is 12.0. The van der Waals surface area contributed by atoms with Gasteiger partial charge in [0.15, 0.2) is 0 Å². The molecule has 0 aliphatic carbocycles. The van der Waals surface area contributed by atoms with E-state index in [4.69, 9.17) is 9.47 Å². The molecule has 0 spiro atoms. The second-order valence-electron chi connectivity index (χ2n) is 9.21. The summed E-state index contributed by atoms with van der Waals surface area (Å²) < 4.78 is 16.3. The van der Waals surface area contributed by atoms with Crippen LogP contribution in [0.4, 0.5) is 0 Å². The predicted molar refractivity (Wildman–Crippen MR) is 134 cm³/mol. The van der Waals surface area contributed by atoms with Crippen LogP contribution >= 0.6 is 0 Å². The van der Waals surface area contributed by atoms with E-state index >= 15 is 0 Å². The van der Waals surface area contributed by atoms with Crippen molar-refractivity contribution in [2.24, 2.45) is 14.1 Å². The van der Waals surface area contributed by atoms with Crippen LogP contribution in [0, 0.1) is 0 Å². The molecule has 182 valence electrons. The van der Waals surface area contributed by atoms with Gasteiger partial charge in [0.2, 0.25) is 11.8 Å². The Morgan fingerprint density at radius 3 is 2.89 bits per heavy atom. The van der Waals surface area contributed by atoms with E-state index < -0.39 is 0 Å². The fraction of sp³-hybridized carbons (Fsp3) is 0.400. The van der Waals surface area contributed by atoms with E-state index in [1.54, 1.807) is 0 Å². The average molecular weight is 475 g/mol. The lowest BCUT2D eigenvalue weighted by Crippen LogP contribution is -2.43. The standard InChI is InChI=1S/C25H30N8O2/c1-5-34-24-16-7-9-20-17-10-15(6-8-19(17)28-29-20)18-11-27-33(4)25(18)35-23-13-26-12-21(23)31(2)14-22(16)32(3)30-24/h6-11,21,23,26H,5,12-14H2,1-4H3,(H,28,29)/b9-7+/t21-,23-/m1/s1. The van der Waals surface area contributed by atoms with Crippen LogP contribution in [-0.2, 0) is 20.6 Å². The monoisotopic (exact) mass is 474 g/mol. The number of aryl methyl sites for hydroxylation is 2. The van der Waals surface area contributed by atoms with E-state index in [-0.39, 0.29) is 12.1 Å². The van der Waals surface area contributed by atoms with Gasteiger partial charge in [-0.2, -0.15) is 10.2 Å². The maximum absolute atomic E-state index is 6.66. The zero-order valence-electron chi connectivity index (χ0n) is 20.4. The highest BCUT2D eigenvalue weighted by Crippen LogP contribution is 2.35. The van der Waals surface area contributed by atoms with Gasteiger partial charge in [0.1, 0.15) is 6.10 Å². The molecule has 2 aliphatic rings. The summed E-state index contributed by atoms with van der Waals surface area (Å²) in [5.74, 6) is 1.41. The third-order valence-electron chi connectivity index (χ3n) is 7.01. The summed E-state index contributed by atoms with van der Waals surface area (Å²) >= 11 is 0. The van der Waals surface area contributed by atoms with Crippen LogP contribution in [0.1, 0.15) is 23.9 Å². The summed E-state index contributed by atoms with van der Waals surface area (Å²) in [5.41, 5.74) is 5.90. The number of nitrogens with zero attached hydrogens (tertiary/aromatic N) is 6. The quantitative estimate of drug-likeness (QED) is 0.460. The number of fused-ring (bicyclic) bond motifs is 5. The van der Waals surface area contributed by atoms with Crippen molar-refractivity contribution in [3.8, 4) is 22.9 Å². The van der Waals surface area contributed by atoms with Crippen molar-refractivity contribution in [3.63, 3.8) is 0 Å². The molecule has 0 amide bonds. The normalized spacial score (nSPS) is 21.1. The molecule has 35 heavy (non-hydrogen) atoms. The van der Waals surface area contributed by atoms with Crippen LogP contribution in [0.5, 0.6) is 11.8 Å². The summed E-state index contributed by atoms with van der Waals surface area (Å²) in [7, 11) is 6.03. The maximum Gasteiger partial charge on any atom is 0.240 e. The summed E-state index contributed by atoms with van der Waals surface area (Å²) in [5, 5.41) is 21.4. The number of nitrogens with one attached hydrogen (secondary N) is 2. The predicted octanol–water partition coefficient (Wildman–Crippen LogP) is 2.43. The molecule has 2 bridgehead atoms. The van der Waals surface area contributed by atoms with Gasteiger partial charge >= 0.3 is 0 Å². The number of aromatic nitrogens is 6. The molecule has 4 aromatic rings. The molecule has 0 unspecified atom stereocenters. The molecule has 10 nitrogen and oxygen atoms in total. The maximum atomic E-state index is 6.66. The number of aromatic amines is 1. The summed E-state index contributed by atoms with van der Waals surface area (Å²) in [6, 6.07) is 6.43. The molecule has 10 heteroatoms. The SMILES string of the molecule is CCOc1nn(C)c2c1/C=C/c1[nH]nc3ccc(cc13)-c1cnn(C)c1O[C@@H]1CNC[C@H]1N(C)C2. The molecule has 2 aliphatic heterocycles. The van der Waals surface area contributed by atoms with E-state index in [0.29, 0.717) is 19.0 Å². The van der Waals surface area contributed by atoms with Gasteiger partial charge in [0.25, 0.3) is 0 Å². The molecular formula is C25H30N8O2. The fourth-order valence-corrected chi connectivity index (χ4v) is 5.10. The number of ether oxygens (including phenoxy) is 2. The Morgan fingerprint density at radius 1 is 1.14 bits per heavy atom. The van der Waals surface area contributed by atoms with Crippen LogP contribution in [0.3, 0.4) is 0 Å². The van der Waals surface area contributed by atoms with Gasteiger partial charge in [-0.15, -0.1) is 5.10 Å². The van der Waals surface area contributed by atoms with Gasteiger partial charge in [-0.05, 0) is 43.8 Å². The molecule has 6 rings (SSSR count). The zero-order chi connectivity index (χ0) is 24.1. The van der Waals surface area contributed by atoms with Gasteiger partial charge in [0.05, 0.1) is 46.9 Å². The third-order valence-corrected chi connectivity index (χ3v) is 7.01. The van der Waals surface area contributed by atoms with Gasteiger partial charge in [-0.25, -0.2) is 4.68 Å². The molecule has 2 atom stereocenters. The number of hydrogen-bond acceptors (Lipinski definition) is 7. The molecule has 1 aromatic carbocycles. The lowest BCUT2D eigenvalue weighted by Gasteiger charge is -2.29. The minimum absolute atomic E-state index is 0.0222. The van der Waals surface area contributed by atoms with Gasteiger partial charge in [-0.3, -0.25) is 14.7 Å². The Morgan fingerprint density at radius 2 is 2.03 bits per heavy atom. The Labute approximate surface area is 203 Å². The Balaban J connectivity index is 1.55. The van der Waals surface area contributed by atoms with Crippen LogP contribution in [0.25, 0.3) is 34.2 Å². The highest BCUT2D eigenvalue weighted by Gasteiger charge is 2.34. The summed E-state index contributed by atoms with van der Waals surface area (Å²) in [6.07, 6.45) is 5.99. The highest BCUT2D eigenvalue weighted by atomic mass is 16.5. The van der Waals surface area contributed by atoms with Gasteiger partial charge < -0.3 is 14.8 Å². The second-order valence-corrected chi connectivity index (χ2v) is 9.21. The van der Waals surface area contributed by atoms with Gasteiger partial charge in [0, 0.05) is 39.1 Å². The minimum Gasteiger partial charge on any atom is -0.476 e. The van der Waals surface area contributed by atoms with Crippen molar-refractivity contribution in [2.75, 3.05) is 26.7 Å². The van der Waals surface area contributed by atoms with Crippen molar-refractivity contribution in [2.45, 2.75) is 25.6 Å². The van der Waals surface area contributed by atoms with Crippen LogP contribution < -0.4 is 14.8 Å². The molecule has 2 N–H and O–H groups in total. The fourth-order valence-electron chi connectivity index (χ4n) is 5.10. The molecule has 3 aromatic heterocycles. The van der Waals surface area contributed by atoms with E-state index in [9.17, 15) is 0 Å². The van der Waals surface area contributed by atoms with E-state index in [0.717, 1.165) is 58.0 Å². The lowest BCUT2D eigenvalue weighted by atomic mass is 10.1. The largest absolute Gasteiger partial charge is 0.476 e. The number of rotatable bonds is 2. The van der Waals surface area contributed by atoms with Crippen LogP contribution in [-0.4, -0.2) is 73.5 Å². The van der Waals surface area contributed by atoms with E-state index in [2.05, 4.69) is 61.9 Å². The van der Waals surface area contributed by atoms with Gasteiger partial charge in [-0.1, -0.05) is 6.07 Å². The highest BCUT2D eigenvalue weighted by molar-refractivity contribution is 5.93. The molecule has 1 fully saturated rings. The Kier molecular flexibility index (Phi) is 5.34. The summed E-state index contributed by atoms with van der Waals surface area (Å²) in [4.78, 5) is 2.33. The molecule has 1 saturated heterocycles. The topological polar surface area (TPSA) is 98.1 Å². The van der Waals surface area contributed by atoms with Crippen molar-refractivity contribution < 1.29 is 9.47 Å². The number of likely N-dealkylation sites (N-methyl/N-ethyl adjacent to an activating group) is 1. The summed E-state index contributed by atoms with van der Waals surface area (Å²) in [6.45, 7) is 4.85. The smallest absolute Gasteiger partial charge is 0.240 e. The zero-order valence-corrected chi connectivity index (χ0v) is 20.4. The second kappa shape index (κ2) is 8.54. The molecule has 0 saturated carbocycles. The third kappa shape index (κ3) is 3.69. The van der Waals surface area contributed by atoms with Crippen LogP contribution in [0.2, 0.25) is 0 Å². The number of benzene rings is 1.